The van der Waals surface area contributed by atoms with E-state index in [0.717, 1.165) is 6.54 Å². The molecule has 0 radical (unpaired) electrons. The predicted octanol–water partition coefficient (Wildman–Crippen LogP) is 1.71. The first-order valence-corrected chi connectivity index (χ1v) is 5.58. The minimum Gasteiger partial charge on any atom is -0.326 e. The summed E-state index contributed by atoms with van der Waals surface area (Å²) in [5.74, 6) is 1.27. The number of hydrogen-bond donors (Lipinski definition) is 1. The van der Waals surface area contributed by atoms with Crippen LogP contribution in [0.15, 0.2) is 0 Å². The van der Waals surface area contributed by atoms with Crippen molar-refractivity contribution in [3.8, 4) is 0 Å². The molecule has 0 spiro atoms. The molecule has 1 unspecified atom stereocenters. The van der Waals surface area contributed by atoms with E-state index in [1.807, 2.05) is 11.9 Å². The third-order valence-electron chi connectivity index (χ3n) is 2.34. The Kier molecular flexibility index (Phi) is 3.44. The Labute approximate surface area is 80.0 Å². The first-order valence-electron chi connectivity index (χ1n) is 4.63. The third-order valence-corrected chi connectivity index (χ3v) is 3.51. The van der Waals surface area contributed by atoms with Gasteiger partial charge in [-0.1, -0.05) is 32.7 Å². The van der Waals surface area contributed by atoms with Gasteiger partial charge in [-0.3, -0.25) is 0 Å². The zero-order chi connectivity index (χ0) is 9.19. The summed E-state index contributed by atoms with van der Waals surface area (Å²) in [4.78, 5) is 0. The Bertz CT molecular complexity index is 136. The zero-order valence-electron chi connectivity index (χ0n) is 8.34. The Morgan fingerprint density at radius 3 is 2.58 bits per heavy atom. The van der Waals surface area contributed by atoms with Gasteiger partial charge in [0.2, 0.25) is 0 Å². The number of rotatable bonds is 2. The van der Waals surface area contributed by atoms with Crippen molar-refractivity contribution in [1.29, 1.82) is 0 Å². The van der Waals surface area contributed by atoms with Crippen molar-refractivity contribution in [2.75, 3.05) is 18.8 Å². The molecule has 2 N–H and O–H groups in total. The molecule has 12 heavy (non-hydrogen) atoms. The molecule has 0 bridgehead atoms. The number of nitrogens with zero attached hydrogens (tertiary/aromatic N) is 1. The molecular formula is C9H20N2S. The summed E-state index contributed by atoms with van der Waals surface area (Å²) in [5, 5.41) is 0. The molecule has 1 aliphatic heterocycles. The molecular weight excluding hydrogens is 168 g/mol. The molecule has 0 amide bonds. The molecule has 1 fully saturated rings. The highest BCUT2D eigenvalue weighted by Gasteiger charge is 2.24. The van der Waals surface area contributed by atoms with Crippen LogP contribution in [-0.2, 0) is 0 Å². The Hall–Kier alpha value is 0.270. The predicted molar refractivity (Wildman–Crippen MR) is 56.1 cm³/mol. The van der Waals surface area contributed by atoms with Crippen LogP contribution in [-0.4, -0.2) is 29.2 Å². The largest absolute Gasteiger partial charge is 0.326 e. The third kappa shape index (κ3) is 2.96. The first-order chi connectivity index (χ1) is 5.50. The Morgan fingerprint density at radius 1 is 1.50 bits per heavy atom. The van der Waals surface area contributed by atoms with E-state index >= 15 is 0 Å². The summed E-state index contributed by atoms with van der Waals surface area (Å²) in [7, 11) is 0. The van der Waals surface area contributed by atoms with Gasteiger partial charge in [0, 0.05) is 24.9 Å². The summed E-state index contributed by atoms with van der Waals surface area (Å²) in [6.45, 7) is 8.87. The first kappa shape index (κ1) is 10.4. The molecule has 0 aromatic heterocycles. The smallest absolute Gasteiger partial charge is 0.0246 e. The highest BCUT2D eigenvalue weighted by atomic mass is 32.2. The lowest BCUT2D eigenvalue weighted by molar-refractivity contribution is 0.278. The van der Waals surface area contributed by atoms with E-state index in [1.54, 1.807) is 0 Å². The van der Waals surface area contributed by atoms with E-state index in [0.29, 0.717) is 6.04 Å². The zero-order valence-corrected chi connectivity index (χ0v) is 9.16. The monoisotopic (exact) mass is 188 g/mol. The van der Waals surface area contributed by atoms with Crippen LogP contribution in [0.1, 0.15) is 27.2 Å². The second-order valence-electron chi connectivity index (χ2n) is 4.55. The van der Waals surface area contributed by atoms with Crippen LogP contribution < -0.4 is 5.73 Å². The summed E-state index contributed by atoms with van der Waals surface area (Å²) in [6, 6.07) is 0.295. The lowest BCUT2D eigenvalue weighted by Crippen LogP contribution is -2.42. The maximum atomic E-state index is 6.08. The van der Waals surface area contributed by atoms with Crippen LogP contribution in [0.25, 0.3) is 0 Å². The van der Waals surface area contributed by atoms with Gasteiger partial charge >= 0.3 is 0 Å². The van der Waals surface area contributed by atoms with E-state index in [-0.39, 0.29) is 5.41 Å². The summed E-state index contributed by atoms with van der Waals surface area (Å²) in [5.41, 5.74) is 6.31. The standard InChI is InChI=1S/C9H20N2S/c1-9(2,3)8(10)7-11-5-4-6-12-11/h8H,4-7,10H2,1-3H3. The molecule has 1 heterocycles. The lowest BCUT2D eigenvalue weighted by Gasteiger charge is -2.30. The molecule has 1 rings (SSSR count). The lowest BCUT2D eigenvalue weighted by atomic mass is 9.87. The topological polar surface area (TPSA) is 29.3 Å². The quantitative estimate of drug-likeness (QED) is 0.669. The molecule has 2 nitrogen and oxygen atoms in total. The van der Waals surface area contributed by atoms with Gasteiger partial charge in [0.15, 0.2) is 0 Å². The van der Waals surface area contributed by atoms with Crippen molar-refractivity contribution in [3.05, 3.63) is 0 Å². The molecule has 72 valence electrons. The summed E-state index contributed by atoms with van der Waals surface area (Å²) < 4.78 is 2.40. The van der Waals surface area contributed by atoms with Crippen molar-refractivity contribution in [1.82, 2.24) is 4.31 Å². The second kappa shape index (κ2) is 3.99. The van der Waals surface area contributed by atoms with Crippen LogP contribution in [0.3, 0.4) is 0 Å². The average molecular weight is 188 g/mol. The van der Waals surface area contributed by atoms with Crippen molar-refractivity contribution in [3.63, 3.8) is 0 Å². The van der Waals surface area contributed by atoms with Crippen molar-refractivity contribution in [2.45, 2.75) is 33.2 Å². The second-order valence-corrected chi connectivity index (χ2v) is 5.73. The highest BCUT2D eigenvalue weighted by molar-refractivity contribution is 7.97. The fourth-order valence-electron chi connectivity index (χ4n) is 1.14. The van der Waals surface area contributed by atoms with E-state index in [1.165, 1.54) is 18.7 Å². The summed E-state index contributed by atoms with van der Waals surface area (Å²) in [6.07, 6.45) is 1.32. The van der Waals surface area contributed by atoms with Crippen molar-refractivity contribution < 1.29 is 0 Å². The van der Waals surface area contributed by atoms with Crippen LogP contribution in [0, 0.1) is 5.41 Å². The van der Waals surface area contributed by atoms with Crippen LogP contribution in [0.2, 0.25) is 0 Å². The van der Waals surface area contributed by atoms with Gasteiger partial charge in [-0.2, -0.15) is 0 Å². The highest BCUT2D eigenvalue weighted by Crippen LogP contribution is 2.24. The van der Waals surface area contributed by atoms with E-state index in [2.05, 4.69) is 25.1 Å². The molecule has 1 aliphatic rings. The van der Waals surface area contributed by atoms with Gasteiger partial charge < -0.3 is 5.73 Å². The van der Waals surface area contributed by atoms with E-state index < -0.39 is 0 Å². The van der Waals surface area contributed by atoms with Crippen LogP contribution in [0.4, 0.5) is 0 Å². The van der Waals surface area contributed by atoms with Gasteiger partial charge in [0.1, 0.15) is 0 Å². The van der Waals surface area contributed by atoms with Crippen LogP contribution >= 0.6 is 11.9 Å². The van der Waals surface area contributed by atoms with E-state index in [4.69, 9.17) is 5.73 Å². The fraction of sp³-hybridized carbons (Fsp3) is 1.00. The molecule has 0 saturated carbocycles. The van der Waals surface area contributed by atoms with Gasteiger partial charge in [-0.05, 0) is 11.8 Å². The maximum absolute atomic E-state index is 6.08. The van der Waals surface area contributed by atoms with Crippen LogP contribution in [0.5, 0.6) is 0 Å². The minimum atomic E-state index is 0.239. The van der Waals surface area contributed by atoms with Crippen molar-refractivity contribution in [2.24, 2.45) is 11.1 Å². The Morgan fingerprint density at radius 2 is 2.17 bits per heavy atom. The molecule has 1 atom stereocenters. The molecule has 0 aromatic carbocycles. The van der Waals surface area contributed by atoms with Gasteiger partial charge in [-0.25, -0.2) is 4.31 Å². The fourth-order valence-corrected chi connectivity index (χ4v) is 2.18. The molecule has 1 saturated heterocycles. The number of nitrogens with two attached hydrogens (primary N) is 1. The van der Waals surface area contributed by atoms with Gasteiger partial charge in [0.05, 0.1) is 0 Å². The average Bonchev–Trinajstić information content (AvgIpc) is 2.37. The molecule has 0 aliphatic carbocycles. The minimum absolute atomic E-state index is 0.239. The van der Waals surface area contributed by atoms with Gasteiger partial charge in [0.25, 0.3) is 0 Å². The van der Waals surface area contributed by atoms with E-state index in [9.17, 15) is 0 Å². The normalized spacial score (nSPS) is 23.0. The van der Waals surface area contributed by atoms with Gasteiger partial charge in [-0.15, -0.1) is 0 Å². The SMILES string of the molecule is CC(C)(C)C(N)CN1CCCS1. The Balaban J connectivity index is 2.30. The summed E-state index contributed by atoms with van der Waals surface area (Å²) >= 11 is 1.94. The number of hydrogen-bond acceptors (Lipinski definition) is 3. The van der Waals surface area contributed by atoms with Crippen molar-refractivity contribution >= 4 is 11.9 Å². The molecule has 3 heteroatoms. The maximum Gasteiger partial charge on any atom is 0.0246 e. The molecule has 0 aromatic rings.